The smallest absolute Gasteiger partial charge is 0.252 e. The number of hydrogen-bond acceptors (Lipinski definition) is 4. The van der Waals surface area contributed by atoms with Gasteiger partial charge in [0.1, 0.15) is 5.82 Å². The van der Waals surface area contributed by atoms with Crippen LogP contribution in [-0.4, -0.2) is 26.5 Å². The van der Waals surface area contributed by atoms with E-state index in [1.54, 1.807) is 29.8 Å². The Morgan fingerprint density at radius 2 is 2.08 bits per heavy atom. The standard InChI is InChI=1S/C17H18FN5O/c1-9(2)22-16-13(17(19)24)6-21-23-8-11(5-15(16)23)12-4-10(3)20-7-14(12)18/h4-9,22H,1-3H3,(H2,19,24). The molecule has 0 radical (unpaired) electrons. The van der Waals surface area contributed by atoms with Gasteiger partial charge in [-0.15, -0.1) is 0 Å². The van der Waals surface area contributed by atoms with Gasteiger partial charge in [-0.1, -0.05) is 0 Å². The van der Waals surface area contributed by atoms with E-state index < -0.39 is 11.7 Å². The molecular weight excluding hydrogens is 309 g/mol. The van der Waals surface area contributed by atoms with E-state index in [2.05, 4.69) is 15.4 Å². The molecule has 0 unspecified atom stereocenters. The maximum absolute atomic E-state index is 14.1. The van der Waals surface area contributed by atoms with Crippen molar-refractivity contribution in [3.8, 4) is 11.1 Å². The molecule has 0 aliphatic carbocycles. The first kappa shape index (κ1) is 15.9. The molecule has 0 aliphatic heterocycles. The number of halogens is 1. The van der Waals surface area contributed by atoms with Gasteiger partial charge in [0.25, 0.3) is 5.91 Å². The summed E-state index contributed by atoms with van der Waals surface area (Å²) in [7, 11) is 0. The molecule has 6 nitrogen and oxygen atoms in total. The van der Waals surface area contributed by atoms with Crippen molar-refractivity contribution in [1.29, 1.82) is 0 Å². The second-order valence-corrected chi connectivity index (χ2v) is 5.96. The number of anilines is 1. The Balaban J connectivity index is 2.24. The van der Waals surface area contributed by atoms with Crippen LogP contribution in [0, 0.1) is 12.7 Å². The average Bonchev–Trinajstić information content (AvgIpc) is 2.93. The third kappa shape index (κ3) is 2.80. The molecule has 0 atom stereocenters. The minimum atomic E-state index is -0.568. The second kappa shape index (κ2) is 5.92. The summed E-state index contributed by atoms with van der Waals surface area (Å²) in [5.41, 5.74) is 8.79. The van der Waals surface area contributed by atoms with Crippen molar-refractivity contribution in [2.24, 2.45) is 5.73 Å². The summed E-state index contributed by atoms with van der Waals surface area (Å²) in [6, 6.07) is 3.55. The van der Waals surface area contributed by atoms with Crippen LogP contribution in [-0.2, 0) is 0 Å². The Hall–Kier alpha value is -2.96. The number of primary amides is 1. The predicted octanol–water partition coefficient (Wildman–Crippen LogP) is 2.76. The predicted molar refractivity (Wildman–Crippen MR) is 90.4 cm³/mol. The molecule has 0 bridgehead atoms. The summed E-state index contributed by atoms with van der Waals surface area (Å²) in [6.07, 6.45) is 4.32. The third-order valence-electron chi connectivity index (χ3n) is 3.64. The van der Waals surface area contributed by atoms with Crippen LogP contribution >= 0.6 is 0 Å². The number of nitrogens with one attached hydrogen (secondary N) is 1. The number of nitrogens with zero attached hydrogens (tertiary/aromatic N) is 3. The van der Waals surface area contributed by atoms with E-state index in [0.29, 0.717) is 33.6 Å². The number of aromatic nitrogens is 3. The van der Waals surface area contributed by atoms with Gasteiger partial charge in [-0.3, -0.25) is 9.78 Å². The van der Waals surface area contributed by atoms with E-state index in [4.69, 9.17) is 5.73 Å². The van der Waals surface area contributed by atoms with Gasteiger partial charge >= 0.3 is 0 Å². The molecule has 3 aromatic heterocycles. The third-order valence-corrected chi connectivity index (χ3v) is 3.64. The fourth-order valence-corrected chi connectivity index (χ4v) is 2.60. The number of aryl methyl sites for hydroxylation is 1. The zero-order chi connectivity index (χ0) is 17.4. The Labute approximate surface area is 138 Å². The van der Waals surface area contributed by atoms with Crippen LogP contribution in [0.2, 0.25) is 0 Å². The summed E-state index contributed by atoms with van der Waals surface area (Å²) in [4.78, 5) is 15.6. The van der Waals surface area contributed by atoms with E-state index in [0.717, 1.165) is 0 Å². The van der Waals surface area contributed by atoms with Crippen molar-refractivity contribution >= 4 is 17.1 Å². The van der Waals surface area contributed by atoms with Gasteiger partial charge in [0.15, 0.2) is 0 Å². The minimum absolute atomic E-state index is 0.0903. The molecule has 24 heavy (non-hydrogen) atoms. The van der Waals surface area contributed by atoms with Crippen LogP contribution in [0.5, 0.6) is 0 Å². The van der Waals surface area contributed by atoms with E-state index in [1.165, 1.54) is 12.4 Å². The van der Waals surface area contributed by atoms with Crippen molar-refractivity contribution in [1.82, 2.24) is 14.6 Å². The van der Waals surface area contributed by atoms with Crippen LogP contribution in [0.3, 0.4) is 0 Å². The monoisotopic (exact) mass is 327 g/mol. The lowest BCUT2D eigenvalue weighted by atomic mass is 10.1. The first-order chi connectivity index (χ1) is 11.4. The molecule has 0 aliphatic rings. The van der Waals surface area contributed by atoms with Crippen molar-refractivity contribution in [2.45, 2.75) is 26.8 Å². The average molecular weight is 327 g/mol. The van der Waals surface area contributed by atoms with Crippen LogP contribution < -0.4 is 11.1 Å². The largest absolute Gasteiger partial charge is 0.380 e. The van der Waals surface area contributed by atoms with E-state index in [9.17, 15) is 9.18 Å². The van der Waals surface area contributed by atoms with Crippen LogP contribution in [0.25, 0.3) is 16.6 Å². The minimum Gasteiger partial charge on any atom is -0.380 e. The first-order valence-corrected chi connectivity index (χ1v) is 7.57. The van der Waals surface area contributed by atoms with Gasteiger partial charge in [-0.2, -0.15) is 5.10 Å². The Bertz CT molecular complexity index is 932. The zero-order valence-electron chi connectivity index (χ0n) is 13.7. The van der Waals surface area contributed by atoms with E-state index >= 15 is 0 Å². The molecule has 0 spiro atoms. The lowest BCUT2D eigenvalue weighted by molar-refractivity contribution is 0.100. The Kier molecular flexibility index (Phi) is 3.92. The summed E-state index contributed by atoms with van der Waals surface area (Å²) >= 11 is 0. The van der Waals surface area contributed by atoms with Crippen molar-refractivity contribution < 1.29 is 9.18 Å². The van der Waals surface area contributed by atoms with Crippen molar-refractivity contribution in [3.63, 3.8) is 0 Å². The molecular formula is C17H18FN5O. The topological polar surface area (TPSA) is 85.3 Å². The highest BCUT2D eigenvalue weighted by molar-refractivity contribution is 6.02. The molecule has 124 valence electrons. The van der Waals surface area contributed by atoms with Gasteiger partial charge < -0.3 is 11.1 Å². The van der Waals surface area contributed by atoms with Crippen LogP contribution in [0.15, 0.2) is 30.7 Å². The van der Waals surface area contributed by atoms with E-state index in [-0.39, 0.29) is 6.04 Å². The molecule has 0 fully saturated rings. The molecule has 7 heteroatoms. The first-order valence-electron chi connectivity index (χ1n) is 7.57. The van der Waals surface area contributed by atoms with Gasteiger partial charge in [0.05, 0.1) is 29.2 Å². The van der Waals surface area contributed by atoms with Gasteiger partial charge in [0, 0.05) is 29.1 Å². The fourth-order valence-electron chi connectivity index (χ4n) is 2.60. The molecule has 0 saturated heterocycles. The number of nitrogens with two attached hydrogens (primary N) is 1. The number of hydrogen-bond donors (Lipinski definition) is 2. The quantitative estimate of drug-likeness (QED) is 0.771. The highest BCUT2D eigenvalue weighted by Crippen LogP contribution is 2.30. The lowest BCUT2D eigenvalue weighted by Crippen LogP contribution is -2.19. The highest BCUT2D eigenvalue weighted by atomic mass is 19.1. The van der Waals surface area contributed by atoms with Gasteiger partial charge in [0.2, 0.25) is 0 Å². The second-order valence-electron chi connectivity index (χ2n) is 5.96. The highest BCUT2D eigenvalue weighted by Gasteiger charge is 2.17. The molecule has 0 aromatic carbocycles. The molecule has 3 heterocycles. The maximum Gasteiger partial charge on any atom is 0.252 e. The van der Waals surface area contributed by atoms with Crippen LogP contribution in [0.1, 0.15) is 29.9 Å². The zero-order valence-corrected chi connectivity index (χ0v) is 13.7. The number of carbonyl (C=O) groups excluding carboxylic acids is 1. The molecule has 1 amide bonds. The summed E-state index contributed by atoms with van der Waals surface area (Å²) < 4.78 is 15.7. The van der Waals surface area contributed by atoms with Crippen molar-refractivity contribution in [3.05, 3.63) is 47.8 Å². The van der Waals surface area contributed by atoms with Gasteiger partial charge in [-0.25, -0.2) is 8.91 Å². The molecule has 3 aromatic rings. The fraction of sp³-hybridized carbons (Fsp3) is 0.235. The molecule has 0 saturated carbocycles. The molecule has 3 rings (SSSR count). The number of fused-ring (bicyclic) bond motifs is 1. The number of amides is 1. The van der Waals surface area contributed by atoms with Crippen LogP contribution in [0.4, 0.5) is 10.1 Å². The summed E-state index contributed by atoms with van der Waals surface area (Å²) in [6.45, 7) is 5.71. The van der Waals surface area contributed by atoms with Crippen molar-refractivity contribution in [2.75, 3.05) is 5.32 Å². The van der Waals surface area contributed by atoms with E-state index in [1.807, 2.05) is 13.8 Å². The number of carbonyl (C=O) groups is 1. The summed E-state index contributed by atoms with van der Waals surface area (Å²) in [5.74, 6) is -0.980. The number of rotatable bonds is 4. The maximum atomic E-state index is 14.1. The Morgan fingerprint density at radius 3 is 2.75 bits per heavy atom. The normalized spacial score (nSPS) is 11.2. The molecule has 3 N–H and O–H groups in total. The Morgan fingerprint density at radius 1 is 1.33 bits per heavy atom. The van der Waals surface area contributed by atoms with Gasteiger partial charge in [-0.05, 0) is 32.9 Å². The number of pyridine rings is 1. The summed E-state index contributed by atoms with van der Waals surface area (Å²) in [5, 5.41) is 7.43. The SMILES string of the molecule is Cc1cc(-c2cc3c(NC(C)C)c(C(N)=O)cnn3c2)c(F)cn1. The lowest BCUT2D eigenvalue weighted by Gasteiger charge is -2.14.